The molecule has 0 aliphatic heterocycles. The van der Waals surface area contributed by atoms with Crippen molar-refractivity contribution in [3.05, 3.63) is 89.5 Å². The zero-order chi connectivity index (χ0) is 24.8. The van der Waals surface area contributed by atoms with Crippen molar-refractivity contribution in [2.24, 2.45) is 5.92 Å². The van der Waals surface area contributed by atoms with Gasteiger partial charge in [-0.15, -0.1) is 0 Å². The Balaban J connectivity index is 1.33. The number of ether oxygens (including phenoxy) is 2. The Morgan fingerprint density at radius 3 is 2.11 bits per heavy atom. The summed E-state index contributed by atoms with van der Waals surface area (Å²) in [6.45, 7) is -0.495. The molecule has 0 spiro atoms. The minimum atomic E-state index is -0.973. The molecule has 0 unspecified atom stereocenters. The van der Waals surface area contributed by atoms with Crippen molar-refractivity contribution in [1.29, 1.82) is 0 Å². The molecule has 6 heteroatoms. The molecule has 3 nitrogen and oxygen atoms in total. The molecule has 1 aliphatic carbocycles. The fourth-order valence-electron chi connectivity index (χ4n) is 4.54. The van der Waals surface area contributed by atoms with Crippen LogP contribution >= 0.6 is 0 Å². The lowest BCUT2D eigenvalue weighted by Gasteiger charge is -2.28. The third kappa shape index (κ3) is 5.76. The molecule has 3 aromatic carbocycles. The monoisotopic (exact) mass is 480 g/mol. The highest BCUT2D eigenvalue weighted by atomic mass is 19.2. The molecule has 4 rings (SSSR count). The van der Waals surface area contributed by atoms with E-state index < -0.39 is 18.3 Å². The molecule has 1 aliphatic rings. The fraction of sp³-hybridized carbons (Fsp3) is 0.276. The van der Waals surface area contributed by atoms with Crippen LogP contribution in [-0.2, 0) is 4.79 Å². The van der Waals surface area contributed by atoms with Gasteiger partial charge in [0, 0.05) is 0 Å². The van der Waals surface area contributed by atoms with Crippen LogP contribution in [0, 0.1) is 17.6 Å². The minimum absolute atomic E-state index is 0.114. The number of hydrogen-bond donors (Lipinski definition) is 0. The van der Waals surface area contributed by atoms with Crippen molar-refractivity contribution in [1.82, 2.24) is 0 Å². The number of carbonyl (C=O) groups is 1. The second-order valence-electron chi connectivity index (χ2n) is 8.66. The Morgan fingerprint density at radius 1 is 0.886 bits per heavy atom. The zero-order valence-corrected chi connectivity index (χ0v) is 19.5. The number of halogens is 3. The first-order valence-corrected chi connectivity index (χ1v) is 11.7. The maximum absolute atomic E-state index is 14.4. The molecule has 0 atom stereocenters. The highest BCUT2D eigenvalue weighted by Gasteiger charge is 2.30. The van der Waals surface area contributed by atoms with Gasteiger partial charge in [0.05, 0.1) is 13.0 Å². The molecule has 35 heavy (non-hydrogen) atoms. The molecule has 1 saturated carbocycles. The van der Waals surface area contributed by atoms with E-state index in [1.807, 2.05) is 36.4 Å². The molecule has 0 bridgehead atoms. The first kappa shape index (κ1) is 24.6. The number of methoxy groups -OCH3 is 1. The summed E-state index contributed by atoms with van der Waals surface area (Å²) >= 11 is 0. The van der Waals surface area contributed by atoms with Gasteiger partial charge in [0.1, 0.15) is 12.4 Å². The fourth-order valence-corrected chi connectivity index (χ4v) is 4.54. The number of allylic oxidation sites excluding steroid dienone is 1. The molecular weight excluding hydrogens is 453 g/mol. The lowest BCUT2D eigenvalue weighted by molar-refractivity contribution is -0.140. The van der Waals surface area contributed by atoms with Crippen LogP contribution in [0.4, 0.5) is 13.2 Å². The van der Waals surface area contributed by atoms with E-state index in [-0.39, 0.29) is 23.6 Å². The molecule has 0 radical (unpaired) electrons. The molecule has 3 aromatic rings. The second kappa shape index (κ2) is 11.3. The Hall–Kier alpha value is -3.54. The Morgan fingerprint density at radius 2 is 1.51 bits per heavy atom. The van der Waals surface area contributed by atoms with Crippen LogP contribution in [-0.4, -0.2) is 19.8 Å². The van der Waals surface area contributed by atoms with Gasteiger partial charge in [0.2, 0.25) is 5.82 Å². The quantitative estimate of drug-likeness (QED) is 0.259. The van der Waals surface area contributed by atoms with Crippen molar-refractivity contribution >= 4 is 12.0 Å². The van der Waals surface area contributed by atoms with Gasteiger partial charge < -0.3 is 9.47 Å². The summed E-state index contributed by atoms with van der Waals surface area (Å²) in [4.78, 5) is 12.7. The Bertz CT molecular complexity index is 1180. The predicted octanol–water partition coefficient (Wildman–Crippen LogP) is 7.50. The van der Waals surface area contributed by atoms with Gasteiger partial charge >= 0.3 is 5.97 Å². The zero-order valence-electron chi connectivity index (χ0n) is 19.5. The van der Waals surface area contributed by atoms with E-state index in [0.717, 1.165) is 16.7 Å². The molecule has 0 aromatic heterocycles. The maximum atomic E-state index is 14.4. The highest BCUT2D eigenvalue weighted by molar-refractivity contribution is 5.75. The van der Waals surface area contributed by atoms with Gasteiger partial charge in [-0.1, -0.05) is 54.6 Å². The minimum Gasteiger partial charge on any atom is -0.494 e. The number of hydrogen-bond acceptors (Lipinski definition) is 3. The summed E-state index contributed by atoms with van der Waals surface area (Å²) in [6.07, 6.45) is 5.46. The first-order valence-electron chi connectivity index (χ1n) is 11.7. The van der Waals surface area contributed by atoms with Crippen molar-refractivity contribution in [3.8, 4) is 22.6 Å². The summed E-state index contributed by atoms with van der Waals surface area (Å²) in [5.74, 6) is -2.22. The molecule has 182 valence electrons. The van der Waals surface area contributed by atoms with Crippen molar-refractivity contribution < 1.29 is 27.4 Å². The van der Waals surface area contributed by atoms with Crippen LogP contribution in [0.15, 0.2) is 66.7 Å². The topological polar surface area (TPSA) is 35.5 Å². The number of esters is 1. The van der Waals surface area contributed by atoms with E-state index in [2.05, 4.69) is 0 Å². The lowest BCUT2D eigenvalue weighted by atomic mass is 9.78. The third-order valence-electron chi connectivity index (χ3n) is 6.51. The summed E-state index contributed by atoms with van der Waals surface area (Å²) < 4.78 is 51.2. The van der Waals surface area contributed by atoms with E-state index in [0.29, 0.717) is 37.0 Å². The Labute approximate surface area is 203 Å². The normalized spacial score (nSPS) is 17.9. The smallest absolute Gasteiger partial charge is 0.314 e. The van der Waals surface area contributed by atoms with Gasteiger partial charge in [-0.25, -0.2) is 8.78 Å². The molecular formula is C29H27F3O3. The summed E-state index contributed by atoms with van der Waals surface area (Å²) in [5.41, 5.74) is 3.23. The van der Waals surface area contributed by atoms with Gasteiger partial charge in [0.25, 0.3) is 0 Å². The average Bonchev–Trinajstić information content (AvgIpc) is 2.90. The van der Waals surface area contributed by atoms with E-state index in [1.165, 1.54) is 19.3 Å². The van der Waals surface area contributed by atoms with Crippen LogP contribution in [0.3, 0.4) is 0 Å². The van der Waals surface area contributed by atoms with Crippen LogP contribution in [0.5, 0.6) is 11.5 Å². The number of carbonyl (C=O) groups excluding carboxylic acids is 1. The predicted molar refractivity (Wildman–Crippen MR) is 130 cm³/mol. The first-order chi connectivity index (χ1) is 17.0. The van der Waals surface area contributed by atoms with Crippen molar-refractivity contribution in [2.45, 2.75) is 31.6 Å². The van der Waals surface area contributed by atoms with E-state index in [4.69, 9.17) is 9.47 Å². The molecule has 0 amide bonds. The van der Waals surface area contributed by atoms with E-state index in [1.54, 1.807) is 24.3 Å². The highest BCUT2D eigenvalue weighted by Crippen LogP contribution is 2.39. The number of benzene rings is 3. The number of alkyl halides is 1. The third-order valence-corrected chi connectivity index (χ3v) is 6.51. The molecule has 1 fully saturated rings. The van der Waals surface area contributed by atoms with E-state index in [9.17, 15) is 18.0 Å². The largest absolute Gasteiger partial charge is 0.494 e. The van der Waals surface area contributed by atoms with E-state index >= 15 is 0 Å². The van der Waals surface area contributed by atoms with Crippen molar-refractivity contribution in [3.63, 3.8) is 0 Å². The van der Waals surface area contributed by atoms with Gasteiger partial charge in [0.15, 0.2) is 11.6 Å². The van der Waals surface area contributed by atoms with Gasteiger partial charge in [-0.3, -0.25) is 4.79 Å². The molecule has 0 N–H and O–H groups in total. The maximum Gasteiger partial charge on any atom is 0.314 e. The molecule has 0 saturated heterocycles. The summed E-state index contributed by atoms with van der Waals surface area (Å²) in [7, 11) is 1.30. The van der Waals surface area contributed by atoms with Crippen LogP contribution < -0.4 is 9.47 Å². The van der Waals surface area contributed by atoms with Crippen LogP contribution in [0.2, 0.25) is 0 Å². The summed E-state index contributed by atoms with van der Waals surface area (Å²) in [6, 6.07) is 18.0. The number of rotatable bonds is 7. The summed E-state index contributed by atoms with van der Waals surface area (Å²) in [5, 5.41) is 0. The second-order valence-corrected chi connectivity index (χ2v) is 8.66. The van der Waals surface area contributed by atoms with Crippen LogP contribution in [0.1, 0.15) is 42.7 Å². The van der Waals surface area contributed by atoms with Gasteiger partial charge in [-0.2, -0.15) is 4.39 Å². The standard InChI is InChI=1S/C29H27F3O3/c1-34-26-17-16-25(27(31)28(26)32)22-8-10-23(11-9-22)29(33)35-24-14-12-21(13-15-24)20-6-4-19(5-7-20)3-2-18-30/h2-7,12-17,22-23H,8-11,18H2,1H3/b3-2+. The lowest BCUT2D eigenvalue weighted by Crippen LogP contribution is -2.25. The molecule has 0 heterocycles. The van der Waals surface area contributed by atoms with Crippen LogP contribution in [0.25, 0.3) is 17.2 Å². The SMILES string of the molecule is COc1ccc(C2CCC(C(=O)Oc3ccc(-c4ccc(/C=C/CF)cc4)cc3)CC2)c(F)c1F. The Kier molecular flexibility index (Phi) is 7.91. The van der Waals surface area contributed by atoms with Gasteiger partial charge in [-0.05, 0) is 72.1 Å². The average molecular weight is 481 g/mol. The van der Waals surface area contributed by atoms with Crippen molar-refractivity contribution in [2.75, 3.05) is 13.8 Å².